The Hall–Kier alpha value is -1.29. The summed E-state index contributed by atoms with van der Waals surface area (Å²) in [6, 6.07) is 3.76. The first-order valence-corrected chi connectivity index (χ1v) is 7.73. The molecule has 2 unspecified atom stereocenters. The first kappa shape index (κ1) is 16.1. The first-order chi connectivity index (χ1) is 9.74. The van der Waals surface area contributed by atoms with Gasteiger partial charge in [0.2, 0.25) is 5.88 Å². The third-order valence-electron chi connectivity index (χ3n) is 4.10. The monoisotopic (exact) mass is 309 g/mol. The summed E-state index contributed by atoms with van der Waals surface area (Å²) in [5, 5.41) is -0.155. The lowest BCUT2D eigenvalue weighted by Gasteiger charge is -2.28. The molecule has 0 spiro atoms. The average Bonchev–Trinajstić information content (AvgIpc) is 2.76. The van der Waals surface area contributed by atoms with E-state index in [0.29, 0.717) is 11.8 Å². The lowest BCUT2D eigenvalue weighted by molar-refractivity contribution is 0.232. The van der Waals surface area contributed by atoms with Crippen LogP contribution >= 0.6 is 11.6 Å². The predicted molar refractivity (Wildman–Crippen MR) is 87.0 cm³/mol. The third-order valence-corrected chi connectivity index (χ3v) is 4.29. The van der Waals surface area contributed by atoms with Gasteiger partial charge in [-0.15, -0.1) is 11.6 Å². The number of fused-ring (bicyclic) bond motifs is 1. The molecule has 0 saturated heterocycles. The number of rotatable bonds is 4. The van der Waals surface area contributed by atoms with Crippen LogP contribution in [0.4, 0.5) is 0 Å². The Labute approximate surface area is 131 Å². The Bertz CT molecular complexity index is 628. The summed E-state index contributed by atoms with van der Waals surface area (Å²) in [4.78, 5) is 9.19. The zero-order chi connectivity index (χ0) is 15.8. The highest BCUT2D eigenvalue weighted by Gasteiger charge is 2.24. The van der Waals surface area contributed by atoms with Crippen LogP contribution in [-0.4, -0.2) is 21.6 Å². The van der Waals surface area contributed by atoms with Crippen molar-refractivity contribution >= 4 is 22.8 Å². The molecule has 116 valence electrons. The molecule has 2 atom stereocenters. The van der Waals surface area contributed by atoms with E-state index in [2.05, 4.69) is 42.2 Å². The molecule has 0 fully saturated rings. The van der Waals surface area contributed by atoms with E-state index in [1.54, 1.807) is 7.11 Å². The van der Waals surface area contributed by atoms with Gasteiger partial charge in [-0.2, -0.15) is 4.98 Å². The molecule has 4 nitrogen and oxygen atoms in total. The number of halogens is 1. The molecule has 0 amide bonds. The number of pyridine rings is 1. The summed E-state index contributed by atoms with van der Waals surface area (Å²) >= 11 is 6.31. The van der Waals surface area contributed by atoms with Crippen molar-refractivity contribution in [3.05, 3.63) is 18.0 Å². The van der Waals surface area contributed by atoms with Gasteiger partial charge in [0, 0.05) is 12.6 Å². The van der Waals surface area contributed by atoms with Crippen LogP contribution in [0.25, 0.3) is 11.2 Å². The fourth-order valence-corrected chi connectivity index (χ4v) is 2.31. The Balaban J connectivity index is 2.54. The molecule has 0 N–H and O–H groups in total. The SMILES string of the molecule is COc1ccc2nc(C(C)Cl)n(CC(C)C(C)(C)C)c2n1. The van der Waals surface area contributed by atoms with Gasteiger partial charge in [0.25, 0.3) is 0 Å². The highest BCUT2D eigenvalue weighted by atomic mass is 35.5. The summed E-state index contributed by atoms with van der Waals surface area (Å²) in [5.41, 5.74) is 1.91. The molecule has 2 aromatic rings. The fraction of sp³-hybridized carbons (Fsp3) is 0.625. The molecule has 0 bridgehead atoms. The van der Waals surface area contributed by atoms with Crippen molar-refractivity contribution in [1.82, 2.24) is 14.5 Å². The maximum atomic E-state index is 6.31. The van der Waals surface area contributed by atoms with E-state index in [9.17, 15) is 0 Å². The van der Waals surface area contributed by atoms with Crippen LogP contribution in [0.5, 0.6) is 5.88 Å². The van der Waals surface area contributed by atoms with Crippen LogP contribution in [0, 0.1) is 11.3 Å². The molecule has 2 aromatic heterocycles. The van der Waals surface area contributed by atoms with Gasteiger partial charge >= 0.3 is 0 Å². The Morgan fingerprint density at radius 1 is 1.24 bits per heavy atom. The molecular formula is C16H24ClN3O. The molecule has 0 aliphatic carbocycles. The Morgan fingerprint density at radius 2 is 1.90 bits per heavy atom. The molecule has 0 aliphatic rings. The largest absolute Gasteiger partial charge is 0.481 e. The van der Waals surface area contributed by atoms with Crippen molar-refractivity contribution in [3.63, 3.8) is 0 Å². The number of aromatic nitrogens is 3. The van der Waals surface area contributed by atoms with Crippen molar-refractivity contribution in [2.24, 2.45) is 11.3 Å². The van der Waals surface area contributed by atoms with E-state index >= 15 is 0 Å². The number of alkyl halides is 1. The van der Waals surface area contributed by atoms with Gasteiger partial charge in [-0.05, 0) is 24.3 Å². The molecule has 2 rings (SSSR count). The van der Waals surface area contributed by atoms with Crippen LogP contribution in [0.1, 0.15) is 45.8 Å². The molecule has 21 heavy (non-hydrogen) atoms. The number of nitrogens with zero attached hydrogens (tertiary/aromatic N) is 3. The highest BCUT2D eigenvalue weighted by molar-refractivity contribution is 6.20. The van der Waals surface area contributed by atoms with Crippen molar-refractivity contribution in [1.29, 1.82) is 0 Å². The summed E-state index contributed by atoms with van der Waals surface area (Å²) in [6.45, 7) is 11.8. The third kappa shape index (κ3) is 3.31. The lowest BCUT2D eigenvalue weighted by Crippen LogP contribution is -2.23. The number of imidazole rings is 1. The highest BCUT2D eigenvalue weighted by Crippen LogP contribution is 2.31. The second-order valence-electron chi connectivity index (χ2n) is 6.66. The second-order valence-corrected chi connectivity index (χ2v) is 7.31. The summed E-state index contributed by atoms with van der Waals surface area (Å²) < 4.78 is 7.36. The zero-order valence-electron chi connectivity index (χ0n) is 13.6. The zero-order valence-corrected chi connectivity index (χ0v) is 14.4. The molecule has 0 aliphatic heterocycles. The van der Waals surface area contributed by atoms with Gasteiger partial charge in [0.1, 0.15) is 11.3 Å². The van der Waals surface area contributed by atoms with Gasteiger partial charge in [-0.3, -0.25) is 0 Å². The smallest absolute Gasteiger partial charge is 0.215 e. The molecule has 0 radical (unpaired) electrons. The van der Waals surface area contributed by atoms with E-state index in [1.165, 1.54) is 0 Å². The molecule has 0 saturated carbocycles. The van der Waals surface area contributed by atoms with E-state index in [1.807, 2.05) is 19.1 Å². The van der Waals surface area contributed by atoms with Crippen LogP contribution in [0.2, 0.25) is 0 Å². The van der Waals surface area contributed by atoms with Crippen LogP contribution in [0.15, 0.2) is 12.1 Å². The topological polar surface area (TPSA) is 39.9 Å². The van der Waals surface area contributed by atoms with Crippen molar-refractivity contribution in [3.8, 4) is 5.88 Å². The van der Waals surface area contributed by atoms with Gasteiger partial charge in [-0.25, -0.2) is 4.98 Å². The number of hydrogen-bond acceptors (Lipinski definition) is 3. The first-order valence-electron chi connectivity index (χ1n) is 7.29. The van der Waals surface area contributed by atoms with Crippen LogP contribution in [-0.2, 0) is 6.54 Å². The Morgan fingerprint density at radius 3 is 2.43 bits per heavy atom. The maximum absolute atomic E-state index is 6.31. The molecule has 0 aromatic carbocycles. The quantitative estimate of drug-likeness (QED) is 0.785. The summed E-state index contributed by atoms with van der Waals surface area (Å²) in [5.74, 6) is 1.93. The number of ether oxygens (including phenoxy) is 1. The molecule has 5 heteroatoms. The maximum Gasteiger partial charge on any atom is 0.215 e. The number of hydrogen-bond donors (Lipinski definition) is 0. The normalized spacial score (nSPS) is 15.2. The average molecular weight is 310 g/mol. The van der Waals surface area contributed by atoms with E-state index in [0.717, 1.165) is 23.5 Å². The van der Waals surface area contributed by atoms with E-state index in [-0.39, 0.29) is 10.8 Å². The standard InChI is InChI=1S/C16H24ClN3O/c1-10(16(3,4)5)9-20-14(11(2)17)18-12-7-8-13(21-6)19-15(12)20/h7-8,10-11H,9H2,1-6H3. The van der Waals surface area contributed by atoms with Crippen molar-refractivity contribution in [2.75, 3.05) is 7.11 Å². The summed E-state index contributed by atoms with van der Waals surface area (Å²) in [7, 11) is 1.62. The predicted octanol–water partition coefficient (Wildman–Crippen LogP) is 4.42. The second kappa shape index (κ2) is 5.84. The van der Waals surface area contributed by atoms with Gasteiger partial charge in [0.05, 0.1) is 12.5 Å². The van der Waals surface area contributed by atoms with E-state index < -0.39 is 0 Å². The minimum atomic E-state index is -0.155. The molecule has 2 heterocycles. The minimum absolute atomic E-state index is 0.155. The number of methoxy groups -OCH3 is 1. The van der Waals surface area contributed by atoms with Crippen LogP contribution < -0.4 is 4.74 Å². The molecular weight excluding hydrogens is 286 g/mol. The lowest BCUT2D eigenvalue weighted by atomic mass is 9.82. The minimum Gasteiger partial charge on any atom is -0.481 e. The van der Waals surface area contributed by atoms with Crippen LogP contribution in [0.3, 0.4) is 0 Å². The van der Waals surface area contributed by atoms with Gasteiger partial charge in [0.15, 0.2) is 5.65 Å². The Kier molecular flexibility index (Phi) is 4.47. The van der Waals surface area contributed by atoms with Crippen molar-refractivity contribution < 1.29 is 4.74 Å². The van der Waals surface area contributed by atoms with Crippen molar-refractivity contribution in [2.45, 2.75) is 46.5 Å². The fourth-order valence-electron chi connectivity index (χ4n) is 2.15. The summed E-state index contributed by atoms with van der Waals surface area (Å²) in [6.07, 6.45) is 0. The van der Waals surface area contributed by atoms with E-state index in [4.69, 9.17) is 16.3 Å². The van der Waals surface area contributed by atoms with Gasteiger partial charge in [-0.1, -0.05) is 27.7 Å². The van der Waals surface area contributed by atoms with Gasteiger partial charge < -0.3 is 9.30 Å².